The first kappa shape index (κ1) is 19.3. The molecular weight excluding hydrogens is 332 g/mol. The quantitative estimate of drug-likeness (QED) is 0.828. The van der Waals surface area contributed by atoms with Gasteiger partial charge in [0.2, 0.25) is 5.91 Å². The molecule has 0 bridgehead atoms. The lowest BCUT2D eigenvalue weighted by Crippen LogP contribution is -2.21. The second-order valence-electron chi connectivity index (χ2n) is 6.01. The van der Waals surface area contributed by atoms with E-state index in [0.717, 1.165) is 5.56 Å². The van der Waals surface area contributed by atoms with Crippen molar-refractivity contribution in [2.45, 2.75) is 12.8 Å². The largest absolute Gasteiger partial charge is 0.497 e. The highest BCUT2D eigenvalue weighted by atomic mass is 16.5. The number of ether oxygens (including phenoxy) is 2. The molecule has 0 aliphatic heterocycles. The van der Waals surface area contributed by atoms with E-state index in [1.165, 1.54) is 7.11 Å². The number of rotatable bonds is 7. The van der Waals surface area contributed by atoms with E-state index < -0.39 is 0 Å². The van der Waals surface area contributed by atoms with Gasteiger partial charge in [-0.3, -0.25) is 9.59 Å². The molecule has 2 amide bonds. The number of carbonyl (C=O) groups excluding carboxylic acids is 2. The molecule has 0 fully saturated rings. The van der Waals surface area contributed by atoms with Gasteiger partial charge in [0.1, 0.15) is 11.5 Å². The van der Waals surface area contributed by atoms with E-state index in [1.54, 1.807) is 44.3 Å². The molecule has 0 saturated heterocycles. The van der Waals surface area contributed by atoms with Crippen LogP contribution in [0, 0.1) is 0 Å². The van der Waals surface area contributed by atoms with Crippen molar-refractivity contribution in [3.05, 3.63) is 53.6 Å². The zero-order chi connectivity index (χ0) is 19.1. The van der Waals surface area contributed by atoms with Crippen LogP contribution in [0.1, 0.15) is 22.3 Å². The number of carbonyl (C=O) groups is 2. The van der Waals surface area contributed by atoms with E-state index in [1.807, 2.05) is 24.3 Å². The Morgan fingerprint density at radius 3 is 2.27 bits per heavy atom. The molecule has 6 heteroatoms. The first-order chi connectivity index (χ1) is 12.4. The predicted molar refractivity (Wildman–Crippen MR) is 101 cm³/mol. The summed E-state index contributed by atoms with van der Waals surface area (Å²) in [6, 6.07) is 12.5. The fraction of sp³-hybridized carbons (Fsp3) is 0.300. The molecule has 2 aromatic carbocycles. The van der Waals surface area contributed by atoms with Gasteiger partial charge in [0.25, 0.3) is 5.91 Å². The number of amides is 2. The van der Waals surface area contributed by atoms with E-state index in [0.29, 0.717) is 35.6 Å². The molecule has 0 aliphatic rings. The van der Waals surface area contributed by atoms with Crippen LogP contribution >= 0.6 is 0 Å². The molecule has 2 aromatic rings. The predicted octanol–water partition coefficient (Wildman–Crippen LogP) is 2.98. The van der Waals surface area contributed by atoms with Crippen LogP contribution in [0.25, 0.3) is 0 Å². The first-order valence-electron chi connectivity index (χ1n) is 8.27. The first-order valence-corrected chi connectivity index (χ1v) is 8.27. The Morgan fingerprint density at radius 1 is 1.00 bits per heavy atom. The maximum atomic E-state index is 12.5. The molecule has 2 rings (SSSR count). The second-order valence-corrected chi connectivity index (χ2v) is 6.01. The van der Waals surface area contributed by atoms with Crippen LogP contribution in [-0.4, -0.2) is 45.0 Å². The maximum absolute atomic E-state index is 12.5. The molecule has 0 atom stereocenters. The highest BCUT2D eigenvalue weighted by molar-refractivity contribution is 6.06. The molecule has 0 radical (unpaired) electrons. The number of nitrogens with zero attached hydrogens (tertiary/aromatic N) is 1. The van der Waals surface area contributed by atoms with Gasteiger partial charge in [-0.1, -0.05) is 12.1 Å². The Kier molecular flexibility index (Phi) is 6.60. The van der Waals surface area contributed by atoms with Gasteiger partial charge in [0, 0.05) is 32.3 Å². The summed E-state index contributed by atoms with van der Waals surface area (Å²) < 4.78 is 10.4. The molecule has 0 aliphatic carbocycles. The molecule has 0 heterocycles. The third-order valence-corrected chi connectivity index (χ3v) is 3.99. The molecule has 0 spiro atoms. The Morgan fingerprint density at radius 2 is 1.69 bits per heavy atom. The van der Waals surface area contributed by atoms with Gasteiger partial charge in [-0.25, -0.2) is 0 Å². The second kappa shape index (κ2) is 8.89. The molecule has 1 N–H and O–H groups in total. The van der Waals surface area contributed by atoms with E-state index in [4.69, 9.17) is 9.47 Å². The van der Waals surface area contributed by atoms with Gasteiger partial charge in [-0.2, -0.15) is 0 Å². The molecule has 0 aromatic heterocycles. The lowest BCUT2D eigenvalue weighted by molar-refractivity contribution is -0.128. The number of hydrogen-bond donors (Lipinski definition) is 1. The minimum atomic E-state index is -0.264. The SMILES string of the molecule is COc1ccc(C(=O)Nc2ccc(CCC(=O)N(C)C)cc2)c(OC)c1. The van der Waals surface area contributed by atoms with E-state index in [-0.39, 0.29) is 11.8 Å². The van der Waals surface area contributed by atoms with Crippen LogP contribution in [0.15, 0.2) is 42.5 Å². The van der Waals surface area contributed by atoms with Gasteiger partial charge < -0.3 is 19.7 Å². The Bertz CT molecular complexity index is 770. The zero-order valence-corrected chi connectivity index (χ0v) is 15.5. The minimum Gasteiger partial charge on any atom is -0.497 e. The van der Waals surface area contributed by atoms with E-state index in [9.17, 15) is 9.59 Å². The van der Waals surface area contributed by atoms with Crippen molar-refractivity contribution in [3.8, 4) is 11.5 Å². The van der Waals surface area contributed by atoms with E-state index >= 15 is 0 Å². The molecular formula is C20H24N2O4. The number of nitrogens with one attached hydrogen (secondary N) is 1. The van der Waals surface area contributed by atoms with Crippen LogP contribution < -0.4 is 14.8 Å². The molecule has 26 heavy (non-hydrogen) atoms. The smallest absolute Gasteiger partial charge is 0.259 e. The molecule has 138 valence electrons. The third kappa shape index (κ3) is 4.99. The summed E-state index contributed by atoms with van der Waals surface area (Å²) in [4.78, 5) is 25.7. The normalized spacial score (nSPS) is 10.2. The zero-order valence-electron chi connectivity index (χ0n) is 15.5. The topological polar surface area (TPSA) is 67.9 Å². The van der Waals surface area contributed by atoms with Crippen molar-refractivity contribution in [3.63, 3.8) is 0 Å². The Balaban J connectivity index is 2.02. The summed E-state index contributed by atoms with van der Waals surface area (Å²) >= 11 is 0. The summed E-state index contributed by atoms with van der Waals surface area (Å²) in [5.74, 6) is 0.893. The molecule has 0 unspecified atom stereocenters. The molecule has 0 saturated carbocycles. The number of benzene rings is 2. The summed E-state index contributed by atoms with van der Waals surface area (Å²) in [7, 11) is 6.56. The van der Waals surface area contributed by atoms with Crippen molar-refractivity contribution < 1.29 is 19.1 Å². The van der Waals surface area contributed by atoms with Gasteiger partial charge in [-0.05, 0) is 36.2 Å². The Hall–Kier alpha value is -3.02. The highest BCUT2D eigenvalue weighted by Gasteiger charge is 2.13. The number of methoxy groups -OCH3 is 2. The summed E-state index contributed by atoms with van der Waals surface area (Å²) in [6.07, 6.45) is 1.12. The Labute approximate surface area is 153 Å². The molecule has 6 nitrogen and oxygen atoms in total. The van der Waals surface area contributed by atoms with Crippen LogP contribution in [0.5, 0.6) is 11.5 Å². The lowest BCUT2D eigenvalue weighted by atomic mass is 10.1. The summed E-state index contributed by atoms with van der Waals surface area (Å²) in [5, 5.41) is 2.85. The standard InChI is InChI=1S/C20H24N2O4/c1-22(2)19(23)12-7-14-5-8-15(9-6-14)21-20(24)17-11-10-16(25-3)13-18(17)26-4/h5-6,8-11,13H,7,12H2,1-4H3,(H,21,24). The fourth-order valence-electron chi connectivity index (χ4n) is 2.41. The van der Waals surface area contributed by atoms with Gasteiger partial charge in [-0.15, -0.1) is 0 Å². The average Bonchev–Trinajstić information content (AvgIpc) is 2.66. The highest BCUT2D eigenvalue weighted by Crippen LogP contribution is 2.25. The number of anilines is 1. The summed E-state index contributed by atoms with van der Waals surface area (Å²) in [6.45, 7) is 0. The summed E-state index contributed by atoms with van der Waals surface area (Å²) in [5.41, 5.74) is 2.14. The monoisotopic (exact) mass is 356 g/mol. The maximum Gasteiger partial charge on any atom is 0.259 e. The van der Waals surface area contributed by atoms with Crippen LogP contribution in [-0.2, 0) is 11.2 Å². The van der Waals surface area contributed by atoms with Gasteiger partial charge in [0.15, 0.2) is 0 Å². The van der Waals surface area contributed by atoms with Gasteiger partial charge in [0.05, 0.1) is 19.8 Å². The van der Waals surface area contributed by atoms with Crippen molar-refractivity contribution in [1.29, 1.82) is 0 Å². The fourth-order valence-corrected chi connectivity index (χ4v) is 2.41. The number of aryl methyl sites for hydroxylation is 1. The van der Waals surface area contributed by atoms with Crippen molar-refractivity contribution >= 4 is 17.5 Å². The lowest BCUT2D eigenvalue weighted by Gasteiger charge is -2.12. The van der Waals surface area contributed by atoms with Crippen LogP contribution in [0.4, 0.5) is 5.69 Å². The van der Waals surface area contributed by atoms with Crippen LogP contribution in [0.2, 0.25) is 0 Å². The minimum absolute atomic E-state index is 0.0916. The van der Waals surface area contributed by atoms with Crippen LogP contribution in [0.3, 0.4) is 0 Å². The average molecular weight is 356 g/mol. The number of hydrogen-bond acceptors (Lipinski definition) is 4. The van der Waals surface area contributed by atoms with Crippen molar-refractivity contribution in [1.82, 2.24) is 4.90 Å². The van der Waals surface area contributed by atoms with Crippen molar-refractivity contribution in [2.24, 2.45) is 0 Å². The van der Waals surface area contributed by atoms with Crippen molar-refractivity contribution in [2.75, 3.05) is 33.6 Å². The van der Waals surface area contributed by atoms with E-state index in [2.05, 4.69) is 5.32 Å². The third-order valence-electron chi connectivity index (χ3n) is 3.99. The van der Waals surface area contributed by atoms with Gasteiger partial charge >= 0.3 is 0 Å².